The van der Waals surface area contributed by atoms with Gasteiger partial charge in [-0.2, -0.15) is 5.06 Å². The van der Waals surface area contributed by atoms with Crippen LogP contribution in [-0.4, -0.2) is 54.8 Å². The average molecular weight is 344 g/mol. The van der Waals surface area contributed by atoms with E-state index in [1.165, 1.54) is 18.4 Å². The van der Waals surface area contributed by atoms with Crippen molar-refractivity contribution < 1.29 is 14.4 Å². The molecule has 3 atom stereocenters. The number of piperidine rings is 2. The summed E-state index contributed by atoms with van der Waals surface area (Å²) in [5, 5.41) is 2.09. The Morgan fingerprint density at radius 1 is 1.04 bits per heavy atom. The number of ether oxygens (including phenoxy) is 1. The Hall–Kier alpha value is -1.59. The van der Waals surface area contributed by atoms with E-state index in [1.807, 2.05) is 17.0 Å². The van der Waals surface area contributed by atoms with Crippen LogP contribution < -0.4 is 4.74 Å². The Balaban J connectivity index is 1.61. The largest absolute Gasteiger partial charge is 0.497 e. The second kappa shape index (κ2) is 7.34. The van der Waals surface area contributed by atoms with Gasteiger partial charge in [0.1, 0.15) is 5.75 Å². The summed E-state index contributed by atoms with van der Waals surface area (Å²) in [5.74, 6) is 1.14. The fourth-order valence-corrected chi connectivity index (χ4v) is 4.55. The highest BCUT2D eigenvalue weighted by Gasteiger charge is 2.49. The summed E-state index contributed by atoms with van der Waals surface area (Å²) in [6.07, 6.45) is 6.53. The van der Waals surface area contributed by atoms with Gasteiger partial charge in [0, 0.05) is 31.6 Å². The molecule has 5 heteroatoms. The second-order valence-electron chi connectivity index (χ2n) is 7.41. The summed E-state index contributed by atoms with van der Waals surface area (Å²) in [4.78, 5) is 21.4. The predicted molar refractivity (Wildman–Crippen MR) is 95.4 cm³/mol. The van der Waals surface area contributed by atoms with Crippen LogP contribution in [0.4, 0.5) is 0 Å². The molecule has 0 N–H and O–H groups in total. The molecule has 4 rings (SSSR count). The van der Waals surface area contributed by atoms with E-state index in [0.717, 1.165) is 51.1 Å². The van der Waals surface area contributed by atoms with Crippen LogP contribution in [-0.2, 0) is 9.63 Å². The molecule has 0 bridgehead atoms. The SMILES string of the molecule is COc1ccc([C@@H]2[C@@H](C(=O)N3CCCCC3)ON3CCCC[C@@H]23)cc1. The summed E-state index contributed by atoms with van der Waals surface area (Å²) in [6.45, 7) is 2.68. The Bertz CT molecular complexity index is 597. The van der Waals surface area contributed by atoms with Crippen molar-refractivity contribution in [3.8, 4) is 5.75 Å². The van der Waals surface area contributed by atoms with Crippen molar-refractivity contribution in [3.05, 3.63) is 29.8 Å². The summed E-state index contributed by atoms with van der Waals surface area (Å²) >= 11 is 0. The average Bonchev–Trinajstić information content (AvgIpc) is 3.07. The smallest absolute Gasteiger partial charge is 0.254 e. The minimum atomic E-state index is -0.380. The minimum absolute atomic E-state index is 0.112. The fourth-order valence-electron chi connectivity index (χ4n) is 4.55. The molecule has 3 fully saturated rings. The molecule has 3 aliphatic rings. The zero-order valence-corrected chi connectivity index (χ0v) is 15.0. The van der Waals surface area contributed by atoms with Gasteiger partial charge in [-0.05, 0) is 49.8 Å². The Morgan fingerprint density at radius 3 is 2.48 bits per heavy atom. The minimum Gasteiger partial charge on any atom is -0.497 e. The molecular weight excluding hydrogens is 316 g/mol. The van der Waals surface area contributed by atoms with Crippen LogP contribution in [0.1, 0.15) is 50.0 Å². The van der Waals surface area contributed by atoms with E-state index in [9.17, 15) is 4.79 Å². The van der Waals surface area contributed by atoms with Crippen molar-refractivity contribution in [2.75, 3.05) is 26.7 Å². The third-order valence-electron chi connectivity index (χ3n) is 5.90. The molecule has 3 saturated heterocycles. The first-order chi connectivity index (χ1) is 12.3. The zero-order chi connectivity index (χ0) is 17.2. The van der Waals surface area contributed by atoms with Gasteiger partial charge >= 0.3 is 0 Å². The number of nitrogens with zero attached hydrogens (tertiary/aromatic N) is 2. The lowest BCUT2D eigenvalue weighted by Crippen LogP contribution is -2.44. The van der Waals surface area contributed by atoms with E-state index in [4.69, 9.17) is 9.57 Å². The lowest BCUT2D eigenvalue weighted by Gasteiger charge is -2.31. The molecule has 0 radical (unpaired) electrons. The molecule has 0 saturated carbocycles. The van der Waals surface area contributed by atoms with Gasteiger partial charge in [-0.25, -0.2) is 0 Å². The van der Waals surface area contributed by atoms with Gasteiger partial charge < -0.3 is 9.64 Å². The van der Waals surface area contributed by atoms with Gasteiger partial charge in [-0.15, -0.1) is 0 Å². The van der Waals surface area contributed by atoms with Crippen molar-refractivity contribution >= 4 is 5.91 Å². The number of hydroxylamine groups is 2. The van der Waals surface area contributed by atoms with Crippen LogP contribution in [0.15, 0.2) is 24.3 Å². The molecule has 25 heavy (non-hydrogen) atoms. The van der Waals surface area contributed by atoms with E-state index in [1.54, 1.807) is 7.11 Å². The lowest BCUT2D eigenvalue weighted by molar-refractivity contribution is -0.186. The topological polar surface area (TPSA) is 42.0 Å². The van der Waals surface area contributed by atoms with E-state index < -0.39 is 0 Å². The summed E-state index contributed by atoms with van der Waals surface area (Å²) < 4.78 is 5.29. The quantitative estimate of drug-likeness (QED) is 0.845. The molecule has 0 spiro atoms. The first kappa shape index (κ1) is 16.9. The van der Waals surface area contributed by atoms with Crippen LogP contribution in [0.2, 0.25) is 0 Å². The number of carbonyl (C=O) groups excluding carboxylic acids is 1. The van der Waals surface area contributed by atoms with Gasteiger partial charge in [0.15, 0.2) is 6.10 Å². The van der Waals surface area contributed by atoms with E-state index in [-0.39, 0.29) is 17.9 Å². The van der Waals surface area contributed by atoms with Crippen molar-refractivity contribution in [2.45, 2.75) is 56.6 Å². The van der Waals surface area contributed by atoms with Crippen molar-refractivity contribution in [2.24, 2.45) is 0 Å². The number of hydrogen-bond acceptors (Lipinski definition) is 4. The highest BCUT2D eigenvalue weighted by atomic mass is 16.7. The van der Waals surface area contributed by atoms with Crippen molar-refractivity contribution in [3.63, 3.8) is 0 Å². The molecule has 1 amide bonds. The van der Waals surface area contributed by atoms with E-state index in [2.05, 4.69) is 17.2 Å². The third-order valence-corrected chi connectivity index (χ3v) is 5.90. The number of benzene rings is 1. The predicted octanol–water partition coefficient (Wildman–Crippen LogP) is 2.96. The highest BCUT2D eigenvalue weighted by Crippen LogP contribution is 2.42. The second-order valence-corrected chi connectivity index (χ2v) is 7.41. The third kappa shape index (κ3) is 3.27. The maximum atomic E-state index is 13.2. The molecule has 3 aliphatic heterocycles. The zero-order valence-electron chi connectivity index (χ0n) is 15.0. The number of methoxy groups -OCH3 is 1. The molecular formula is C20H28N2O3. The van der Waals surface area contributed by atoms with Gasteiger partial charge in [-0.1, -0.05) is 18.6 Å². The fraction of sp³-hybridized carbons (Fsp3) is 0.650. The lowest BCUT2D eigenvalue weighted by atomic mass is 9.83. The van der Waals surface area contributed by atoms with Crippen LogP contribution in [0.5, 0.6) is 5.75 Å². The molecule has 1 aromatic carbocycles. The van der Waals surface area contributed by atoms with Gasteiger partial charge in [0.05, 0.1) is 7.11 Å². The number of hydrogen-bond donors (Lipinski definition) is 0. The van der Waals surface area contributed by atoms with Gasteiger partial charge in [0.25, 0.3) is 5.91 Å². The molecule has 3 heterocycles. The highest BCUT2D eigenvalue weighted by molar-refractivity contribution is 5.82. The van der Waals surface area contributed by atoms with E-state index in [0.29, 0.717) is 6.04 Å². The summed E-state index contributed by atoms with van der Waals surface area (Å²) in [6, 6.07) is 8.48. The van der Waals surface area contributed by atoms with Gasteiger partial charge in [0.2, 0.25) is 0 Å². The first-order valence-corrected chi connectivity index (χ1v) is 9.64. The number of amides is 1. The van der Waals surface area contributed by atoms with Crippen LogP contribution in [0.3, 0.4) is 0 Å². The maximum Gasteiger partial charge on any atom is 0.254 e. The number of likely N-dealkylation sites (tertiary alicyclic amines) is 1. The monoisotopic (exact) mass is 344 g/mol. The Morgan fingerprint density at radius 2 is 1.76 bits per heavy atom. The molecule has 0 aromatic heterocycles. The Kier molecular flexibility index (Phi) is 4.95. The Labute approximate surface area is 149 Å². The van der Waals surface area contributed by atoms with Crippen molar-refractivity contribution in [1.29, 1.82) is 0 Å². The van der Waals surface area contributed by atoms with E-state index >= 15 is 0 Å². The maximum absolute atomic E-state index is 13.2. The molecule has 5 nitrogen and oxygen atoms in total. The van der Waals surface area contributed by atoms with Crippen LogP contribution in [0, 0.1) is 0 Å². The standard InChI is InChI=1S/C20H28N2O3/c1-24-16-10-8-15(9-11-16)18-17-7-3-6-14-22(17)25-19(18)20(23)21-12-4-2-5-13-21/h8-11,17-19H,2-7,12-14H2,1H3/t17-,18-,19-/m0/s1. The van der Waals surface area contributed by atoms with Crippen LogP contribution in [0.25, 0.3) is 0 Å². The summed E-state index contributed by atoms with van der Waals surface area (Å²) in [5.41, 5.74) is 1.19. The normalized spacial score (nSPS) is 30.1. The number of fused-ring (bicyclic) bond motifs is 1. The summed E-state index contributed by atoms with van der Waals surface area (Å²) in [7, 11) is 1.68. The molecule has 0 aliphatic carbocycles. The van der Waals surface area contributed by atoms with Gasteiger partial charge in [-0.3, -0.25) is 9.63 Å². The first-order valence-electron chi connectivity index (χ1n) is 9.64. The van der Waals surface area contributed by atoms with Crippen molar-refractivity contribution in [1.82, 2.24) is 9.96 Å². The number of rotatable bonds is 3. The number of carbonyl (C=O) groups is 1. The molecule has 0 unspecified atom stereocenters. The molecule has 1 aromatic rings. The molecule has 136 valence electrons. The van der Waals surface area contributed by atoms with Crippen LogP contribution >= 0.6 is 0 Å².